The summed E-state index contributed by atoms with van der Waals surface area (Å²) in [5.74, 6) is 0.521. The minimum absolute atomic E-state index is 0.0661. The van der Waals surface area contributed by atoms with Gasteiger partial charge in [0.25, 0.3) is 15.9 Å². The molecule has 0 fully saturated rings. The van der Waals surface area contributed by atoms with Crippen molar-refractivity contribution >= 4 is 15.9 Å². The second kappa shape index (κ2) is 8.04. The van der Waals surface area contributed by atoms with E-state index in [-0.39, 0.29) is 10.5 Å². The monoisotopic (exact) mass is 368 g/mol. The molecule has 8 nitrogen and oxygen atoms in total. The highest BCUT2D eigenvalue weighted by atomic mass is 32.2. The summed E-state index contributed by atoms with van der Waals surface area (Å²) in [7, 11) is -3.98. The van der Waals surface area contributed by atoms with E-state index >= 15 is 0 Å². The lowest BCUT2D eigenvalue weighted by atomic mass is 10.2. The average molecular weight is 368 g/mol. The molecule has 1 heterocycles. The van der Waals surface area contributed by atoms with Crippen LogP contribution in [-0.2, 0) is 10.0 Å². The van der Waals surface area contributed by atoms with Gasteiger partial charge in [0.15, 0.2) is 11.5 Å². The number of sulfonamides is 1. The summed E-state index contributed by atoms with van der Waals surface area (Å²) >= 11 is 0. The smallest absolute Gasteiger partial charge is 0.269 e. The number of ether oxygens (including phenoxy) is 2. The van der Waals surface area contributed by atoms with Crippen molar-refractivity contribution in [3.63, 3.8) is 0 Å². The zero-order valence-corrected chi connectivity index (χ0v) is 15.0. The second-order valence-electron chi connectivity index (χ2n) is 4.92. The molecule has 25 heavy (non-hydrogen) atoms. The summed E-state index contributed by atoms with van der Waals surface area (Å²) in [4.78, 5) is 14.0. The third-order valence-corrected chi connectivity index (χ3v) is 4.47. The van der Waals surface area contributed by atoms with Gasteiger partial charge in [0, 0.05) is 6.07 Å². The molecule has 0 radical (unpaired) electrons. The number of hydrogen-bond donors (Lipinski definition) is 2. The molecule has 0 atom stereocenters. The van der Waals surface area contributed by atoms with Gasteiger partial charge < -0.3 is 13.9 Å². The molecule has 9 heteroatoms. The van der Waals surface area contributed by atoms with E-state index in [2.05, 4.69) is 5.43 Å². The Morgan fingerprint density at radius 2 is 1.80 bits per heavy atom. The molecule has 2 aromatic rings. The van der Waals surface area contributed by atoms with Gasteiger partial charge in [-0.15, -0.1) is 4.83 Å². The van der Waals surface area contributed by atoms with Crippen LogP contribution in [0.2, 0.25) is 0 Å². The fourth-order valence-electron chi connectivity index (χ4n) is 2.06. The van der Waals surface area contributed by atoms with E-state index in [1.807, 2.05) is 11.8 Å². The molecule has 1 aromatic carbocycles. The maximum absolute atomic E-state index is 12.4. The highest BCUT2D eigenvalue weighted by molar-refractivity contribution is 7.89. The van der Waals surface area contributed by atoms with E-state index in [4.69, 9.17) is 13.9 Å². The maximum atomic E-state index is 12.4. The Bertz CT molecular complexity index is 844. The predicted octanol–water partition coefficient (Wildman–Crippen LogP) is 2.01. The van der Waals surface area contributed by atoms with E-state index in [1.54, 1.807) is 13.8 Å². The van der Waals surface area contributed by atoms with Gasteiger partial charge in [-0.05, 0) is 39.0 Å². The van der Waals surface area contributed by atoms with Crippen molar-refractivity contribution in [2.45, 2.75) is 25.7 Å². The van der Waals surface area contributed by atoms with E-state index in [0.717, 1.165) is 0 Å². The van der Waals surface area contributed by atoms with Gasteiger partial charge in [0.05, 0.1) is 29.9 Å². The van der Waals surface area contributed by atoms with Gasteiger partial charge in [0.1, 0.15) is 5.76 Å². The van der Waals surface area contributed by atoms with Crippen molar-refractivity contribution in [3.05, 3.63) is 41.9 Å². The molecular formula is C16H20N2O6S. The lowest BCUT2D eigenvalue weighted by Gasteiger charge is -2.13. The quantitative estimate of drug-likeness (QED) is 0.690. The number of nitrogens with one attached hydrogen (secondary N) is 2. The Morgan fingerprint density at radius 1 is 1.12 bits per heavy atom. The molecule has 2 rings (SSSR count). The van der Waals surface area contributed by atoms with Crippen LogP contribution in [0.25, 0.3) is 0 Å². The van der Waals surface area contributed by atoms with Crippen LogP contribution in [0.3, 0.4) is 0 Å². The normalized spacial score (nSPS) is 11.2. The van der Waals surface area contributed by atoms with Crippen LogP contribution < -0.4 is 19.7 Å². The molecule has 0 aliphatic rings. The first-order chi connectivity index (χ1) is 11.9. The summed E-state index contributed by atoms with van der Waals surface area (Å²) in [6, 6.07) is 5.66. The summed E-state index contributed by atoms with van der Waals surface area (Å²) in [6.07, 6.45) is 1.35. The largest absolute Gasteiger partial charge is 0.490 e. The number of hydrazine groups is 1. The van der Waals surface area contributed by atoms with Crippen molar-refractivity contribution in [2.24, 2.45) is 0 Å². The number of benzene rings is 1. The third-order valence-electron chi connectivity index (χ3n) is 3.23. The number of furan rings is 1. The predicted molar refractivity (Wildman–Crippen MR) is 90.0 cm³/mol. The third kappa shape index (κ3) is 4.52. The van der Waals surface area contributed by atoms with Gasteiger partial charge in [-0.25, -0.2) is 8.42 Å². The van der Waals surface area contributed by atoms with Gasteiger partial charge in [-0.2, -0.15) is 0 Å². The molecule has 0 saturated heterocycles. The molecule has 1 aromatic heterocycles. The highest BCUT2D eigenvalue weighted by Crippen LogP contribution is 2.30. The van der Waals surface area contributed by atoms with Crippen LogP contribution in [0.5, 0.6) is 11.5 Å². The minimum Gasteiger partial charge on any atom is -0.490 e. The van der Waals surface area contributed by atoms with Crippen LogP contribution in [0.15, 0.2) is 39.8 Å². The van der Waals surface area contributed by atoms with Crippen LogP contribution in [-0.4, -0.2) is 27.5 Å². The van der Waals surface area contributed by atoms with E-state index in [0.29, 0.717) is 30.5 Å². The Kier molecular flexibility index (Phi) is 6.05. The molecule has 0 saturated carbocycles. The van der Waals surface area contributed by atoms with Gasteiger partial charge in [-0.3, -0.25) is 10.2 Å². The Morgan fingerprint density at radius 3 is 2.40 bits per heavy atom. The van der Waals surface area contributed by atoms with Crippen molar-refractivity contribution in [3.8, 4) is 11.5 Å². The molecule has 136 valence electrons. The van der Waals surface area contributed by atoms with Gasteiger partial charge in [-0.1, -0.05) is 0 Å². The summed E-state index contributed by atoms with van der Waals surface area (Å²) in [6.45, 7) is 5.97. The molecule has 0 unspecified atom stereocenters. The first kappa shape index (κ1) is 18.8. The first-order valence-corrected chi connectivity index (χ1v) is 9.13. The number of carbonyl (C=O) groups is 1. The number of rotatable bonds is 8. The van der Waals surface area contributed by atoms with E-state index in [1.165, 1.54) is 30.5 Å². The summed E-state index contributed by atoms with van der Waals surface area (Å²) < 4.78 is 40.6. The zero-order valence-electron chi connectivity index (χ0n) is 14.2. The van der Waals surface area contributed by atoms with E-state index < -0.39 is 15.9 Å². The number of carbonyl (C=O) groups excluding carboxylic acids is 1. The number of hydrogen-bond acceptors (Lipinski definition) is 6. The lowest BCUT2D eigenvalue weighted by Crippen LogP contribution is -2.41. The summed E-state index contributed by atoms with van der Waals surface area (Å²) in [5, 5.41) is 0. The van der Waals surface area contributed by atoms with Crippen LogP contribution in [0.4, 0.5) is 0 Å². The first-order valence-electron chi connectivity index (χ1n) is 7.65. The molecule has 2 N–H and O–H groups in total. The van der Waals surface area contributed by atoms with Crippen molar-refractivity contribution in [1.29, 1.82) is 0 Å². The summed E-state index contributed by atoms with van der Waals surface area (Å²) in [5.41, 5.74) is 2.39. The Labute approximate surface area is 146 Å². The topological polar surface area (TPSA) is 107 Å². The molecule has 0 spiro atoms. The molecule has 0 aliphatic heterocycles. The average Bonchev–Trinajstić information content (AvgIpc) is 3.01. The fourth-order valence-corrected chi connectivity index (χ4v) is 2.91. The van der Waals surface area contributed by atoms with Crippen LogP contribution in [0, 0.1) is 6.92 Å². The van der Waals surface area contributed by atoms with Crippen molar-refractivity contribution in [2.75, 3.05) is 13.2 Å². The Hall–Kier alpha value is -2.52. The van der Waals surface area contributed by atoms with E-state index in [9.17, 15) is 13.2 Å². The minimum atomic E-state index is -3.98. The van der Waals surface area contributed by atoms with Crippen molar-refractivity contribution in [1.82, 2.24) is 10.3 Å². The molecular weight excluding hydrogens is 348 g/mol. The van der Waals surface area contributed by atoms with Gasteiger partial charge in [0.2, 0.25) is 0 Å². The van der Waals surface area contributed by atoms with Crippen LogP contribution >= 0.6 is 0 Å². The SMILES string of the molecule is CCOc1ccc(S(=O)(=O)NNC(=O)c2ccoc2C)cc1OCC. The Balaban J connectivity index is 2.17. The molecule has 0 aliphatic carbocycles. The zero-order chi connectivity index (χ0) is 18.4. The lowest BCUT2D eigenvalue weighted by molar-refractivity contribution is 0.0943. The fraction of sp³-hybridized carbons (Fsp3) is 0.312. The second-order valence-corrected chi connectivity index (χ2v) is 6.61. The molecule has 0 bridgehead atoms. The van der Waals surface area contributed by atoms with Gasteiger partial charge >= 0.3 is 0 Å². The van der Waals surface area contributed by atoms with Crippen molar-refractivity contribution < 1.29 is 27.1 Å². The van der Waals surface area contributed by atoms with Crippen LogP contribution in [0.1, 0.15) is 30.0 Å². The molecule has 1 amide bonds. The number of amides is 1. The maximum Gasteiger partial charge on any atom is 0.269 e. The highest BCUT2D eigenvalue weighted by Gasteiger charge is 2.19. The number of aryl methyl sites for hydroxylation is 1. The standard InChI is InChI=1S/C16H20N2O6S/c1-4-22-14-7-6-12(10-15(14)23-5-2)25(20,21)18-17-16(19)13-8-9-24-11(13)3/h6-10,18H,4-5H2,1-3H3,(H,17,19).